The molecule has 0 saturated heterocycles. The summed E-state index contributed by atoms with van der Waals surface area (Å²) in [5.41, 5.74) is 1.15. The van der Waals surface area contributed by atoms with Gasteiger partial charge in [-0.25, -0.2) is 13.1 Å². The van der Waals surface area contributed by atoms with Crippen LogP contribution in [0, 0.1) is 0 Å². The summed E-state index contributed by atoms with van der Waals surface area (Å²) in [5.74, 6) is -1.49. The number of nitrogens with one attached hydrogen (secondary N) is 1. The van der Waals surface area contributed by atoms with Gasteiger partial charge in [0, 0.05) is 14.1 Å². The van der Waals surface area contributed by atoms with Gasteiger partial charge >= 0.3 is 0 Å². The molecule has 0 aromatic heterocycles. The number of benzene rings is 2. The smallest absolute Gasteiger partial charge is 0.241 e. The molecule has 0 aliphatic carbocycles. The van der Waals surface area contributed by atoms with Crippen molar-refractivity contribution in [2.75, 3.05) is 14.1 Å². The molecule has 0 saturated carbocycles. The Morgan fingerprint density at radius 1 is 1.12 bits per heavy atom. The van der Waals surface area contributed by atoms with Gasteiger partial charge in [0.15, 0.2) is 0 Å². The molecule has 138 valence electrons. The molecule has 0 unspecified atom stereocenters. The number of hydrogen-bond donors (Lipinski definition) is 1. The standard InChI is InChI=1S/C17H20N4O4S/c1-21(2)20-18-14-8-10-15(11-9-14)26(24,25)19-16(17(22)23)12-13-6-4-3-5-7-13/h3-11,16,19H,12H2,1-2H3,(H,22,23)/p-1/t16-/m0/s1. The molecule has 2 aromatic carbocycles. The summed E-state index contributed by atoms with van der Waals surface area (Å²) in [4.78, 5) is 11.3. The van der Waals surface area contributed by atoms with Gasteiger partial charge in [0.2, 0.25) is 10.0 Å². The van der Waals surface area contributed by atoms with Gasteiger partial charge in [-0.15, -0.1) is 5.11 Å². The van der Waals surface area contributed by atoms with E-state index in [0.29, 0.717) is 11.3 Å². The second kappa shape index (κ2) is 8.54. The molecule has 1 atom stereocenters. The van der Waals surface area contributed by atoms with E-state index in [1.54, 1.807) is 44.4 Å². The molecule has 0 amide bonds. The molecule has 2 rings (SSSR count). The van der Waals surface area contributed by atoms with Crippen LogP contribution in [-0.4, -0.2) is 39.5 Å². The molecule has 9 heteroatoms. The van der Waals surface area contributed by atoms with Gasteiger partial charge in [0.25, 0.3) is 0 Å². The van der Waals surface area contributed by atoms with Crippen LogP contribution in [0.4, 0.5) is 5.69 Å². The minimum absolute atomic E-state index is 0.0163. The van der Waals surface area contributed by atoms with Gasteiger partial charge in [0.05, 0.1) is 22.6 Å². The Morgan fingerprint density at radius 3 is 2.27 bits per heavy atom. The number of carbonyl (C=O) groups excluding carboxylic acids is 1. The van der Waals surface area contributed by atoms with Crippen LogP contribution in [0.2, 0.25) is 0 Å². The summed E-state index contributed by atoms with van der Waals surface area (Å²) >= 11 is 0. The van der Waals surface area contributed by atoms with E-state index in [1.165, 1.54) is 29.3 Å². The highest BCUT2D eigenvalue weighted by Crippen LogP contribution is 2.17. The molecule has 0 spiro atoms. The molecule has 0 aliphatic rings. The molecule has 0 fully saturated rings. The van der Waals surface area contributed by atoms with Gasteiger partial charge in [-0.05, 0) is 36.2 Å². The molecule has 2 aromatic rings. The topological polar surface area (TPSA) is 114 Å². The van der Waals surface area contributed by atoms with Crippen molar-refractivity contribution in [2.24, 2.45) is 10.3 Å². The van der Waals surface area contributed by atoms with E-state index in [1.807, 2.05) is 0 Å². The predicted molar refractivity (Wildman–Crippen MR) is 93.9 cm³/mol. The number of hydrogen-bond acceptors (Lipinski definition) is 6. The Morgan fingerprint density at radius 2 is 1.73 bits per heavy atom. The van der Waals surface area contributed by atoms with Crippen LogP contribution in [0.3, 0.4) is 0 Å². The third-order valence-electron chi connectivity index (χ3n) is 3.35. The molecular formula is C17H19N4O4S-. The van der Waals surface area contributed by atoms with Crippen molar-refractivity contribution in [1.29, 1.82) is 0 Å². The van der Waals surface area contributed by atoms with Crippen molar-refractivity contribution in [3.05, 3.63) is 60.2 Å². The zero-order valence-corrected chi connectivity index (χ0v) is 15.2. The monoisotopic (exact) mass is 375 g/mol. The zero-order chi connectivity index (χ0) is 19.2. The van der Waals surface area contributed by atoms with Gasteiger partial charge in [-0.3, -0.25) is 5.01 Å². The van der Waals surface area contributed by atoms with Crippen LogP contribution >= 0.6 is 0 Å². The van der Waals surface area contributed by atoms with Gasteiger partial charge in [-0.2, -0.15) is 0 Å². The Balaban J connectivity index is 2.15. The highest BCUT2D eigenvalue weighted by atomic mass is 32.2. The van der Waals surface area contributed by atoms with Crippen molar-refractivity contribution in [2.45, 2.75) is 17.4 Å². The number of nitrogens with zero attached hydrogens (tertiary/aromatic N) is 3. The average Bonchev–Trinajstić information content (AvgIpc) is 2.60. The Bertz CT molecular complexity index is 865. The second-order valence-corrected chi connectivity index (χ2v) is 7.43. The predicted octanol–water partition coefficient (Wildman–Crippen LogP) is 0.886. The van der Waals surface area contributed by atoms with Crippen LogP contribution in [-0.2, 0) is 21.2 Å². The number of rotatable bonds is 8. The molecule has 0 bridgehead atoms. The van der Waals surface area contributed by atoms with Crippen LogP contribution < -0.4 is 9.83 Å². The lowest BCUT2D eigenvalue weighted by atomic mass is 10.1. The van der Waals surface area contributed by atoms with E-state index in [9.17, 15) is 18.3 Å². The maximum Gasteiger partial charge on any atom is 0.241 e. The maximum atomic E-state index is 12.5. The van der Waals surface area contributed by atoms with Crippen molar-refractivity contribution in [3.63, 3.8) is 0 Å². The van der Waals surface area contributed by atoms with E-state index >= 15 is 0 Å². The molecular weight excluding hydrogens is 356 g/mol. The van der Waals surface area contributed by atoms with E-state index in [2.05, 4.69) is 15.1 Å². The highest BCUT2D eigenvalue weighted by molar-refractivity contribution is 7.89. The van der Waals surface area contributed by atoms with Crippen LogP contribution in [0.5, 0.6) is 0 Å². The van der Waals surface area contributed by atoms with Crippen LogP contribution in [0.25, 0.3) is 0 Å². The second-order valence-electron chi connectivity index (χ2n) is 5.71. The molecule has 0 aliphatic heterocycles. The molecule has 8 nitrogen and oxygen atoms in total. The van der Waals surface area contributed by atoms with Crippen molar-refractivity contribution in [3.8, 4) is 0 Å². The van der Waals surface area contributed by atoms with E-state index < -0.39 is 22.0 Å². The lowest BCUT2D eigenvalue weighted by Gasteiger charge is -2.20. The summed E-state index contributed by atoms with van der Waals surface area (Å²) < 4.78 is 27.1. The molecule has 26 heavy (non-hydrogen) atoms. The lowest BCUT2D eigenvalue weighted by Crippen LogP contribution is -2.49. The van der Waals surface area contributed by atoms with Crippen LogP contribution in [0.15, 0.2) is 69.8 Å². The van der Waals surface area contributed by atoms with E-state index in [0.717, 1.165) is 0 Å². The maximum absolute atomic E-state index is 12.5. The first kappa shape index (κ1) is 19.5. The summed E-state index contributed by atoms with van der Waals surface area (Å²) in [6.45, 7) is 0. The average molecular weight is 375 g/mol. The fraction of sp³-hybridized carbons (Fsp3) is 0.235. The molecule has 0 radical (unpaired) electrons. The zero-order valence-electron chi connectivity index (χ0n) is 14.4. The fourth-order valence-corrected chi connectivity index (χ4v) is 3.30. The molecule has 0 heterocycles. The number of carboxylic acids is 1. The number of carbonyl (C=O) groups is 1. The fourth-order valence-electron chi connectivity index (χ4n) is 2.11. The third-order valence-corrected chi connectivity index (χ3v) is 4.84. The summed E-state index contributed by atoms with van der Waals surface area (Å²) in [5, 5.41) is 20.6. The van der Waals surface area contributed by atoms with E-state index in [-0.39, 0.29) is 11.3 Å². The third kappa shape index (κ3) is 5.64. The van der Waals surface area contributed by atoms with Gasteiger partial charge < -0.3 is 9.90 Å². The number of sulfonamides is 1. The van der Waals surface area contributed by atoms with Gasteiger partial charge in [0.1, 0.15) is 0 Å². The van der Waals surface area contributed by atoms with Crippen molar-refractivity contribution >= 4 is 21.7 Å². The number of carboxylic acid groups (broad SMARTS) is 1. The minimum Gasteiger partial charge on any atom is -0.548 e. The SMILES string of the molecule is CN(C)N=Nc1ccc(S(=O)(=O)N[C@@H](Cc2ccccc2)C(=O)[O-])cc1. The first-order valence-corrected chi connectivity index (χ1v) is 9.22. The van der Waals surface area contributed by atoms with Gasteiger partial charge in [-0.1, -0.05) is 35.6 Å². The Hall–Kier alpha value is -2.78. The minimum atomic E-state index is -4.03. The first-order chi connectivity index (χ1) is 12.3. The summed E-state index contributed by atoms with van der Waals surface area (Å²) in [6, 6.07) is 13.0. The highest BCUT2D eigenvalue weighted by Gasteiger charge is 2.21. The summed E-state index contributed by atoms with van der Waals surface area (Å²) in [6.07, 6.45) is -0.0163. The first-order valence-electron chi connectivity index (χ1n) is 7.74. The molecule has 1 N–H and O–H groups in total. The van der Waals surface area contributed by atoms with E-state index in [4.69, 9.17) is 0 Å². The normalized spacial score (nSPS) is 12.8. The Labute approximate surface area is 152 Å². The largest absolute Gasteiger partial charge is 0.548 e. The lowest BCUT2D eigenvalue weighted by molar-refractivity contribution is -0.307. The van der Waals surface area contributed by atoms with Crippen molar-refractivity contribution < 1.29 is 18.3 Å². The summed E-state index contributed by atoms with van der Waals surface area (Å²) in [7, 11) is -0.611. The Kier molecular flexibility index (Phi) is 6.42. The van der Waals surface area contributed by atoms with Crippen LogP contribution in [0.1, 0.15) is 5.56 Å². The quantitative estimate of drug-likeness (QED) is 0.543. The number of aliphatic carboxylic acids is 1. The van der Waals surface area contributed by atoms with Crippen molar-refractivity contribution in [1.82, 2.24) is 9.73 Å².